The van der Waals surface area contributed by atoms with Gasteiger partial charge in [0.1, 0.15) is 5.01 Å². The number of nitrogens with zero attached hydrogens (tertiary/aromatic N) is 3. The van der Waals surface area contributed by atoms with Gasteiger partial charge < -0.3 is 4.90 Å². The van der Waals surface area contributed by atoms with Crippen LogP contribution in [0.3, 0.4) is 0 Å². The summed E-state index contributed by atoms with van der Waals surface area (Å²) in [4.78, 5) is 26.5. The van der Waals surface area contributed by atoms with Crippen molar-refractivity contribution in [3.05, 3.63) is 47.0 Å². The van der Waals surface area contributed by atoms with E-state index in [9.17, 15) is 9.59 Å². The van der Waals surface area contributed by atoms with Crippen molar-refractivity contribution in [2.45, 2.75) is 31.6 Å². The van der Waals surface area contributed by atoms with Gasteiger partial charge >= 0.3 is 0 Å². The largest absolute Gasteiger partial charge is 0.309 e. The highest BCUT2D eigenvalue weighted by atomic mass is 32.1. The van der Waals surface area contributed by atoms with Gasteiger partial charge in [-0.2, -0.15) is 0 Å². The molecule has 4 rings (SSSR count). The zero-order valence-electron chi connectivity index (χ0n) is 13.7. The van der Waals surface area contributed by atoms with Crippen LogP contribution in [0.25, 0.3) is 0 Å². The van der Waals surface area contributed by atoms with Crippen LogP contribution in [0.1, 0.15) is 46.1 Å². The molecule has 1 aromatic heterocycles. The van der Waals surface area contributed by atoms with Gasteiger partial charge in [-0.3, -0.25) is 14.9 Å². The molecule has 7 heteroatoms. The third-order valence-electron chi connectivity index (χ3n) is 4.52. The fourth-order valence-electron chi connectivity index (χ4n) is 3.12. The number of aromatic nitrogens is 2. The van der Waals surface area contributed by atoms with Gasteiger partial charge in [0.25, 0.3) is 5.91 Å². The first-order valence-electron chi connectivity index (χ1n) is 8.38. The molecule has 0 bridgehead atoms. The number of fused-ring (bicyclic) bond motifs is 1. The van der Waals surface area contributed by atoms with E-state index < -0.39 is 0 Å². The highest BCUT2D eigenvalue weighted by molar-refractivity contribution is 7.15. The van der Waals surface area contributed by atoms with Crippen LogP contribution in [-0.4, -0.2) is 28.6 Å². The van der Waals surface area contributed by atoms with Crippen molar-refractivity contribution in [3.8, 4) is 0 Å². The molecule has 1 saturated carbocycles. The number of carbonyl (C=O) groups excluding carboxylic acids is 2. The average Bonchev–Trinajstić information content (AvgIpc) is 3.39. The van der Waals surface area contributed by atoms with Crippen molar-refractivity contribution in [1.82, 2.24) is 10.2 Å². The van der Waals surface area contributed by atoms with Crippen molar-refractivity contribution in [1.29, 1.82) is 0 Å². The smallest absolute Gasteiger partial charge is 0.257 e. The van der Waals surface area contributed by atoms with E-state index in [1.165, 1.54) is 17.4 Å². The quantitative estimate of drug-likeness (QED) is 0.856. The second-order valence-corrected chi connectivity index (χ2v) is 7.28. The molecule has 128 valence electrons. The van der Waals surface area contributed by atoms with Crippen molar-refractivity contribution in [2.75, 3.05) is 16.8 Å². The second-order valence-electron chi connectivity index (χ2n) is 6.27. The molecule has 0 saturated heterocycles. The number of benzene rings is 1. The molecule has 1 aliphatic heterocycles. The Morgan fingerprint density at radius 1 is 1.32 bits per heavy atom. The molecule has 0 radical (unpaired) electrons. The summed E-state index contributed by atoms with van der Waals surface area (Å²) in [6.07, 6.45) is 5.21. The molecule has 25 heavy (non-hydrogen) atoms. The molecular weight excluding hydrogens is 336 g/mol. The molecule has 2 aromatic rings. The van der Waals surface area contributed by atoms with E-state index in [4.69, 9.17) is 0 Å². The summed E-state index contributed by atoms with van der Waals surface area (Å²) in [5.74, 6) is 0.172. The fourth-order valence-corrected chi connectivity index (χ4v) is 4.03. The maximum Gasteiger partial charge on any atom is 0.257 e. The number of amides is 2. The molecule has 0 unspecified atom stereocenters. The van der Waals surface area contributed by atoms with Crippen LogP contribution in [0.2, 0.25) is 0 Å². The van der Waals surface area contributed by atoms with E-state index in [1.807, 2.05) is 6.07 Å². The van der Waals surface area contributed by atoms with Gasteiger partial charge in [0.05, 0.1) is 0 Å². The van der Waals surface area contributed by atoms with Crippen molar-refractivity contribution in [2.24, 2.45) is 0 Å². The number of hydrogen-bond donors (Lipinski definition) is 1. The third kappa shape index (κ3) is 3.07. The molecule has 2 heterocycles. The molecule has 6 nitrogen and oxygen atoms in total. The number of carbonyl (C=O) groups is 2. The molecule has 1 N–H and O–H groups in total. The maximum absolute atomic E-state index is 12.7. The van der Waals surface area contributed by atoms with E-state index in [-0.39, 0.29) is 11.8 Å². The lowest BCUT2D eigenvalue weighted by atomic mass is 9.95. The van der Waals surface area contributed by atoms with Gasteiger partial charge in [-0.25, -0.2) is 0 Å². The van der Waals surface area contributed by atoms with Crippen LogP contribution in [0, 0.1) is 0 Å². The lowest BCUT2D eigenvalue weighted by Crippen LogP contribution is -2.35. The predicted molar refractivity (Wildman–Crippen MR) is 97.2 cm³/mol. The highest BCUT2D eigenvalue weighted by Crippen LogP contribution is 2.42. The van der Waals surface area contributed by atoms with E-state index in [1.54, 1.807) is 17.0 Å². The van der Waals surface area contributed by atoms with E-state index in [0.717, 1.165) is 41.9 Å². The van der Waals surface area contributed by atoms with Crippen molar-refractivity contribution >= 4 is 34.0 Å². The van der Waals surface area contributed by atoms with Crippen LogP contribution in [0.5, 0.6) is 0 Å². The first-order valence-corrected chi connectivity index (χ1v) is 9.19. The third-order valence-corrected chi connectivity index (χ3v) is 5.52. The summed E-state index contributed by atoms with van der Waals surface area (Å²) in [6, 6.07) is 5.47. The van der Waals surface area contributed by atoms with E-state index in [2.05, 4.69) is 22.1 Å². The molecule has 1 fully saturated rings. The summed E-state index contributed by atoms with van der Waals surface area (Å²) in [5.41, 5.74) is 2.27. The summed E-state index contributed by atoms with van der Waals surface area (Å²) in [6.45, 7) is 4.20. The molecule has 1 aliphatic carbocycles. The first kappa shape index (κ1) is 16.0. The summed E-state index contributed by atoms with van der Waals surface area (Å²) < 4.78 is 0. The van der Waals surface area contributed by atoms with Gasteiger partial charge in [0.2, 0.25) is 11.0 Å². The predicted octanol–water partition coefficient (Wildman–Crippen LogP) is 3.13. The minimum absolute atomic E-state index is 0.142. The standard InChI is InChI=1S/C18H18N4O2S/c1-2-15(23)22-10-4-6-12-13(5-3-7-14(12)22)16(24)19-18-21-20-17(25-18)11-8-9-11/h2-3,5,7,11H,1,4,6,8-10H2,(H,19,21,24). The number of hydrogen-bond acceptors (Lipinski definition) is 5. The lowest BCUT2D eigenvalue weighted by Gasteiger charge is -2.29. The van der Waals surface area contributed by atoms with Gasteiger partial charge in [0.15, 0.2) is 0 Å². The minimum atomic E-state index is -0.205. The van der Waals surface area contributed by atoms with E-state index in [0.29, 0.717) is 23.2 Å². The van der Waals surface area contributed by atoms with Crippen molar-refractivity contribution < 1.29 is 9.59 Å². The Labute approximate surface area is 149 Å². The van der Waals surface area contributed by atoms with Crippen LogP contribution in [0.15, 0.2) is 30.9 Å². The summed E-state index contributed by atoms with van der Waals surface area (Å²) in [5, 5.41) is 12.6. The Kier molecular flexibility index (Phi) is 4.09. The zero-order valence-corrected chi connectivity index (χ0v) is 14.5. The molecular formula is C18H18N4O2S. The monoisotopic (exact) mass is 354 g/mol. The average molecular weight is 354 g/mol. The van der Waals surface area contributed by atoms with Crippen LogP contribution < -0.4 is 10.2 Å². The fraction of sp³-hybridized carbons (Fsp3) is 0.333. The Morgan fingerprint density at radius 2 is 2.16 bits per heavy atom. The second kappa shape index (κ2) is 6.40. The Hall–Kier alpha value is -2.54. The Bertz CT molecular complexity index is 857. The number of rotatable bonds is 4. The van der Waals surface area contributed by atoms with Gasteiger partial charge in [-0.1, -0.05) is 24.0 Å². The first-order chi connectivity index (χ1) is 12.2. The molecule has 2 amide bonds. The topological polar surface area (TPSA) is 75.2 Å². The van der Waals surface area contributed by atoms with Gasteiger partial charge in [-0.05, 0) is 49.5 Å². The van der Waals surface area contributed by atoms with Gasteiger partial charge in [-0.15, -0.1) is 10.2 Å². The molecule has 2 aliphatic rings. The van der Waals surface area contributed by atoms with Crippen LogP contribution >= 0.6 is 11.3 Å². The summed E-state index contributed by atoms with van der Waals surface area (Å²) >= 11 is 1.44. The van der Waals surface area contributed by atoms with Crippen LogP contribution in [-0.2, 0) is 11.2 Å². The van der Waals surface area contributed by atoms with Crippen LogP contribution in [0.4, 0.5) is 10.8 Å². The Morgan fingerprint density at radius 3 is 2.92 bits per heavy atom. The minimum Gasteiger partial charge on any atom is -0.309 e. The molecule has 1 aromatic carbocycles. The Balaban J connectivity index is 1.60. The van der Waals surface area contributed by atoms with E-state index >= 15 is 0 Å². The maximum atomic E-state index is 12.7. The molecule has 0 atom stereocenters. The van der Waals surface area contributed by atoms with Gasteiger partial charge in [0, 0.05) is 23.7 Å². The normalized spacial score (nSPS) is 16.2. The summed E-state index contributed by atoms with van der Waals surface area (Å²) in [7, 11) is 0. The highest BCUT2D eigenvalue weighted by Gasteiger charge is 2.28. The number of nitrogens with one attached hydrogen (secondary N) is 1. The zero-order chi connectivity index (χ0) is 17.4. The number of anilines is 2. The van der Waals surface area contributed by atoms with Crippen molar-refractivity contribution in [3.63, 3.8) is 0 Å². The lowest BCUT2D eigenvalue weighted by molar-refractivity contribution is -0.114. The SMILES string of the molecule is C=CC(=O)N1CCCc2c(C(=O)Nc3nnc(C4CC4)s3)cccc21. The molecule has 0 spiro atoms.